The van der Waals surface area contributed by atoms with Gasteiger partial charge < -0.3 is 4.74 Å². The summed E-state index contributed by atoms with van der Waals surface area (Å²) < 4.78 is 5.20. The minimum Gasteiger partial charge on any atom is -0.466 e. The van der Waals surface area contributed by atoms with Crippen LogP contribution in [0.4, 0.5) is 0 Å². The Kier molecular flexibility index (Phi) is 5.84. The number of carbonyl (C=O) groups is 2. The Bertz CT molecular complexity index is 1210. The van der Waals surface area contributed by atoms with Gasteiger partial charge in [0.05, 0.1) is 13.0 Å². The molecule has 4 nitrogen and oxygen atoms in total. The first kappa shape index (κ1) is 20.1. The van der Waals surface area contributed by atoms with Crippen molar-refractivity contribution in [2.75, 3.05) is 6.61 Å². The predicted octanol–water partition coefficient (Wildman–Crippen LogP) is 5.89. The zero-order valence-electron chi connectivity index (χ0n) is 17.2. The number of benzene rings is 4. The Hall–Kier alpha value is -3.14. The number of rotatable bonds is 9. The average Bonchev–Trinajstić information content (AvgIpc) is 2.73. The molecule has 0 saturated carbocycles. The molecule has 0 N–H and O–H groups in total. The van der Waals surface area contributed by atoms with E-state index in [1.165, 1.54) is 43.4 Å². The van der Waals surface area contributed by atoms with E-state index in [1.807, 2.05) is 0 Å². The minimum atomic E-state index is -1.07. The number of unbranched alkanes of at least 4 members (excludes halogenated alkanes) is 1. The van der Waals surface area contributed by atoms with Crippen LogP contribution < -0.4 is 0 Å². The third-order valence-corrected chi connectivity index (χ3v) is 5.84. The number of carbonyl (C=O) groups excluding carboxylic acids is 2. The van der Waals surface area contributed by atoms with Crippen LogP contribution in [-0.2, 0) is 25.9 Å². The molecule has 0 unspecified atom stereocenters. The third kappa shape index (κ3) is 4.09. The van der Waals surface area contributed by atoms with E-state index < -0.39 is 5.97 Å². The lowest BCUT2D eigenvalue weighted by molar-refractivity contribution is -0.144. The minimum absolute atomic E-state index is 0.00568. The van der Waals surface area contributed by atoms with Crippen molar-refractivity contribution in [3.63, 3.8) is 0 Å². The van der Waals surface area contributed by atoms with E-state index in [2.05, 4.69) is 55.5 Å². The molecular weight excluding hydrogens is 376 g/mol. The summed E-state index contributed by atoms with van der Waals surface area (Å²) >= 11 is 0. The molecule has 0 amide bonds. The highest BCUT2D eigenvalue weighted by molar-refractivity contribution is 6.24. The molecule has 0 heterocycles. The monoisotopic (exact) mass is 401 g/mol. The van der Waals surface area contributed by atoms with E-state index in [9.17, 15) is 14.7 Å². The number of hydrogen-bond donors (Lipinski definition) is 0. The summed E-state index contributed by atoms with van der Waals surface area (Å²) in [7, 11) is 0. The van der Waals surface area contributed by atoms with Gasteiger partial charge in [0.1, 0.15) is 0 Å². The normalized spacial score (nSPS) is 11.5. The highest BCUT2D eigenvalue weighted by Crippen LogP contribution is 2.37. The van der Waals surface area contributed by atoms with Crippen molar-refractivity contribution in [2.45, 2.75) is 45.4 Å². The first-order valence-corrected chi connectivity index (χ1v) is 10.6. The summed E-state index contributed by atoms with van der Waals surface area (Å²) in [6, 6.07) is 17.5. The maximum absolute atomic E-state index is 12.0. The standard InChI is InChI=1S/C26H25O4/c1-17-8-9-19-12-13-20-11-10-18(22-15-14-21(17)25(19)26(20)22)5-4-7-24(29)30-16-3-2-6-23(27)28/h8-15H,2-7,16H2,1H3. The molecule has 153 valence electrons. The van der Waals surface area contributed by atoms with Crippen molar-refractivity contribution in [3.8, 4) is 0 Å². The van der Waals surface area contributed by atoms with E-state index in [-0.39, 0.29) is 19.0 Å². The molecule has 0 saturated heterocycles. The Balaban J connectivity index is 1.44. The fourth-order valence-corrected chi connectivity index (χ4v) is 4.28. The fourth-order valence-electron chi connectivity index (χ4n) is 4.28. The van der Waals surface area contributed by atoms with Gasteiger partial charge in [0.15, 0.2) is 0 Å². The van der Waals surface area contributed by atoms with Crippen LogP contribution in [0.3, 0.4) is 0 Å². The van der Waals surface area contributed by atoms with Gasteiger partial charge in [0.2, 0.25) is 0 Å². The molecule has 0 atom stereocenters. The molecule has 30 heavy (non-hydrogen) atoms. The molecule has 0 aliphatic rings. The van der Waals surface area contributed by atoms with Gasteiger partial charge in [-0.15, -0.1) is 0 Å². The molecule has 0 aromatic heterocycles. The number of aryl methyl sites for hydroxylation is 2. The zero-order valence-corrected chi connectivity index (χ0v) is 17.2. The van der Waals surface area contributed by atoms with Crippen molar-refractivity contribution in [3.05, 3.63) is 59.7 Å². The largest absolute Gasteiger partial charge is 0.466 e. The maximum atomic E-state index is 12.0. The van der Waals surface area contributed by atoms with Crippen LogP contribution in [0.25, 0.3) is 32.3 Å². The van der Waals surface area contributed by atoms with Crippen molar-refractivity contribution >= 4 is 44.3 Å². The smallest absolute Gasteiger partial charge is 0.355 e. The van der Waals surface area contributed by atoms with Crippen LogP contribution in [-0.4, -0.2) is 18.5 Å². The molecule has 1 radical (unpaired) electrons. The van der Waals surface area contributed by atoms with E-state index in [0.29, 0.717) is 19.3 Å². The van der Waals surface area contributed by atoms with E-state index in [1.54, 1.807) is 0 Å². The SMILES string of the molecule is Cc1ccc2ccc3ccc(CCCC(=O)OCCCCC([O])=O)c4ccc1c2c34. The lowest BCUT2D eigenvalue weighted by Crippen LogP contribution is -2.06. The number of hydrogen-bond acceptors (Lipinski definition) is 3. The summed E-state index contributed by atoms with van der Waals surface area (Å²) in [5, 5.41) is 18.1. The summed E-state index contributed by atoms with van der Waals surface area (Å²) in [6.45, 7) is 2.42. The molecule has 0 aliphatic heterocycles. The third-order valence-electron chi connectivity index (χ3n) is 5.84. The number of esters is 1. The molecule has 0 spiro atoms. The summed E-state index contributed by atoms with van der Waals surface area (Å²) in [5.74, 6) is -1.29. The molecule has 4 rings (SSSR count). The van der Waals surface area contributed by atoms with Crippen molar-refractivity contribution in [1.82, 2.24) is 0 Å². The second-order valence-electron chi connectivity index (χ2n) is 7.93. The predicted molar refractivity (Wildman–Crippen MR) is 118 cm³/mol. The molecule has 4 aromatic rings. The maximum Gasteiger partial charge on any atom is 0.355 e. The van der Waals surface area contributed by atoms with Gasteiger partial charge in [-0.1, -0.05) is 48.5 Å². The highest BCUT2D eigenvalue weighted by Gasteiger charge is 2.12. The first-order valence-electron chi connectivity index (χ1n) is 10.6. The Morgan fingerprint density at radius 1 is 0.767 bits per heavy atom. The Labute approximate surface area is 175 Å². The lowest BCUT2D eigenvalue weighted by Gasteiger charge is -2.15. The topological polar surface area (TPSA) is 63.3 Å². The van der Waals surface area contributed by atoms with Gasteiger partial charge in [0, 0.05) is 6.42 Å². The van der Waals surface area contributed by atoms with E-state index in [0.717, 1.165) is 12.8 Å². The Morgan fingerprint density at radius 3 is 2.20 bits per heavy atom. The average molecular weight is 401 g/mol. The summed E-state index contributed by atoms with van der Waals surface area (Å²) in [6.07, 6.45) is 2.92. The summed E-state index contributed by atoms with van der Waals surface area (Å²) in [4.78, 5) is 22.3. The van der Waals surface area contributed by atoms with Gasteiger partial charge in [-0.3, -0.25) is 4.79 Å². The Morgan fingerprint density at radius 2 is 1.43 bits per heavy atom. The van der Waals surface area contributed by atoms with Gasteiger partial charge >= 0.3 is 11.9 Å². The van der Waals surface area contributed by atoms with Crippen LogP contribution in [0.2, 0.25) is 0 Å². The van der Waals surface area contributed by atoms with Crippen molar-refractivity contribution < 1.29 is 19.4 Å². The molecular formula is C26H25O4. The molecule has 0 aliphatic carbocycles. The van der Waals surface area contributed by atoms with Crippen molar-refractivity contribution in [2.24, 2.45) is 0 Å². The number of ether oxygens (including phenoxy) is 1. The molecule has 4 heteroatoms. The molecule has 0 fully saturated rings. The van der Waals surface area contributed by atoms with Crippen LogP contribution in [0, 0.1) is 6.92 Å². The highest BCUT2D eigenvalue weighted by atomic mass is 16.5. The van der Waals surface area contributed by atoms with E-state index in [4.69, 9.17) is 4.74 Å². The van der Waals surface area contributed by atoms with Gasteiger partial charge in [0.25, 0.3) is 0 Å². The molecule has 0 bridgehead atoms. The second kappa shape index (κ2) is 8.70. The zero-order chi connectivity index (χ0) is 21.1. The van der Waals surface area contributed by atoms with Crippen LogP contribution in [0.15, 0.2) is 48.5 Å². The quantitative estimate of drug-likeness (QED) is 0.200. The summed E-state index contributed by atoms with van der Waals surface area (Å²) in [5.41, 5.74) is 2.53. The van der Waals surface area contributed by atoms with Gasteiger partial charge in [-0.25, -0.2) is 9.90 Å². The second-order valence-corrected chi connectivity index (χ2v) is 7.93. The fraction of sp³-hybridized carbons (Fsp3) is 0.308. The van der Waals surface area contributed by atoms with Crippen LogP contribution in [0.5, 0.6) is 0 Å². The van der Waals surface area contributed by atoms with Crippen LogP contribution >= 0.6 is 0 Å². The van der Waals surface area contributed by atoms with Gasteiger partial charge in [-0.2, -0.15) is 0 Å². The van der Waals surface area contributed by atoms with Crippen LogP contribution in [0.1, 0.15) is 43.2 Å². The first-order chi connectivity index (χ1) is 14.5. The van der Waals surface area contributed by atoms with E-state index >= 15 is 0 Å². The van der Waals surface area contributed by atoms with Crippen molar-refractivity contribution in [1.29, 1.82) is 0 Å². The lowest BCUT2D eigenvalue weighted by atomic mass is 9.89. The molecule has 4 aromatic carbocycles. The van der Waals surface area contributed by atoms with Gasteiger partial charge in [-0.05, 0) is 76.1 Å².